The van der Waals surface area contributed by atoms with Crippen molar-refractivity contribution in [2.75, 3.05) is 24.5 Å². The molecule has 0 saturated carbocycles. The fourth-order valence-corrected chi connectivity index (χ4v) is 3.63. The zero-order chi connectivity index (χ0) is 18.8. The first-order chi connectivity index (χ1) is 13.1. The van der Waals surface area contributed by atoms with Crippen LogP contribution < -0.4 is 15.5 Å². The summed E-state index contributed by atoms with van der Waals surface area (Å²) in [6.45, 7) is 2.40. The number of halogens is 1. The van der Waals surface area contributed by atoms with Crippen molar-refractivity contribution in [1.82, 2.24) is 10.6 Å². The summed E-state index contributed by atoms with van der Waals surface area (Å²) in [6.07, 6.45) is 1.76. The molecule has 5 nitrogen and oxygen atoms in total. The Morgan fingerprint density at radius 2 is 1.93 bits per heavy atom. The zero-order valence-electron chi connectivity index (χ0n) is 14.9. The van der Waals surface area contributed by atoms with Gasteiger partial charge in [0.05, 0.1) is 17.3 Å². The highest BCUT2D eigenvalue weighted by Gasteiger charge is 2.30. The molecule has 27 heavy (non-hydrogen) atoms. The quantitative estimate of drug-likeness (QED) is 0.874. The third kappa shape index (κ3) is 3.64. The van der Waals surface area contributed by atoms with Crippen molar-refractivity contribution in [2.24, 2.45) is 0 Å². The van der Waals surface area contributed by atoms with E-state index in [1.54, 1.807) is 12.1 Å². The number of rotatable bonds is 4. The Labute approximate surface area is 157 Å². The monoisotopic (exact) mass is 364 g/mol. The smallest absolute Gasteiger partial charge is 0.237 e. The van der Waals surface area contributed by atoms with E-state index in [0.29, 0.717) is 12.1 Å². The number of hydrogen-bond acceptors (Lipinski definition) is 4. The van der Waals surface area contributed by atoms with E-state index in [1.165, 1.54) is 12.1 Å². The zero-order valence-corrected chi connectivity index (χ0v) is 14.9. The molecular weight excluding hydrogens is 343 g/mol. The van der Waals surface area contributed by atoms with Crippen LogP contribution in [0.2, 0.25) is 0 Å². The van der Waals surface area contributed by atoms with E-state index in [1.807, 2.05) is 18.2 Å². The maximum absolute atomic E-state index is 13.1. The van der Waals surface area contributed by atoms with Crippen LogP contribution in [-0.2, 0) is 4.79 Å². The second-order valence-corrected chi connectivity index (χ2v) is 7.09. The second kappa shape index (κ2) is 7.37. The van der Waals surface area contributed by atoms with Gasteiger partial charge in [-0.2, -0.15) is 5.26 Å². The number of hydrogen-bond donors (Lipinski definition) is 2. The lowest BCUT2D eigenvalue weighted by atomic mass is 10.0. The summed E-state index contributed by atoms with van der Waals surface area (Å²) in [5, 5.41) is 15.8. The van der Waals surface area contributed by atoms with Gasteiger partial charge in [-0.15, -0.1) is 0 Å². The van der Waals surface area contributed by atoms with Gasteiger partial charge in [0.25, 0.3) is 0 Å². The van der Waals surface area contributed by atoms with Gasteiger partial charge in [0.1, 0.15) is 11.9 Å². The maximum atomic E-state index is 13.1. The van der Waals surface area contributed by atoms with Gasteiger partial charge in [0.15, 0.2) is 0 Å². The van der Waals surface area contributed by atoms with Gasteiger partial charge in [-0.25, -0.2) is 4.39 Å². The van der Waals surface area contributed by atoms with Gasteiger partial charge in [-0.3, -0.25) is 4.79 Å². The molecule has 0 radical (unpaired) electrons. The highest BCUT2D eigenvalue weighted by Crippen LogP contribution is 2.29. The first-order valence-electron chi connectivity index (χ1n) is 9.23. The number of benzene rings is 2. The molecule has 138 valence electrons. The minimum atomic E-state index is -0.280. The minimum Gasteiger partial charge on any atom is -0.368 e. The predicted molar refractivity (Wildman–Crippen MR) is 102 cm³/mol. The summed E-state index contributed by atoms with van der Waals surface area (Å²) in [6, 6.07) is 14.3. The normalized spacial score (nSPS) is 21.4. The molecule has 1 amide bonds. The summed E-state index contributed by atoms with van der Waals surface area (Å²) in [5.74, 6) is -0.210. The van der Waals surface area contributed by atoms with Crippen molar-refractivity contribution in [3.8, 4) is 17.2 Å². The molecule has 2 heterocycles. The lowest BCUT2D eigenvalue weighted by molar-refractivity contribution is -0.125. The maximum Gasteiger partial charge on any atom is 0.237 e. The van der Waals surface area contributed by atoms with Gasteiger partial charge in [-0.1, -0.05) is 18.2 Å². The standard InChI is InChI=1S/C21H21FN4O/c22-17-4-1-14(2-5-17)15-3-6-20(16(11-15)12-23)26-10-8-18(13-26)25-21(27)19-7-9-24-19/h1-6,11,18-19,24H,7-10,13H2,(H,25,27)/t18-,19-/m0/s1. The molecule has 0 aliphatic carbocycles. The van der Waals surface area contributed by atoms with Crippen LogP contribution in [0.4, 0.5) is 10.1 Å². The number of carbonyl (C=O) groups is 1. The summed E-state index contributed by atoms with van der Waals surface area (Å²) in [5.41, 5.74) is 3.22. The Morgan fingerprint density at radius 1 is 1.19 bits per heavy atom. The summed E-state index contributed by atoms with van der Waals surface area (Å²) >= 11 is 0. The first kappa shape index (κ1) is 17.5. The second-order valence-electron chi connectivity index (χ2n) is 7.09. The van der Waals surface area contributed by atoms with Crippen LogP contribution in [0.3, 0.4) is 0 Å². The van der Waals surface area contributed by atoms with Crippen molar-refractivity contribution in [1.29, 1.82) is 5.26 Å². The number of nitrogens with one attached hydrogen (secondary N) is 2. The molecule has 0 unspecified atom stereocenters. The Balaban J connectivity index is 1.48. The molecule has 6 heteroatoms. The lowest BCUT2D eigenvalue weighted by Crippen LogP contribution is -2.55. The van der Waals surface area contributed by atoms with Crippen LogP contribution >= 0.6 is 0 Å². The summed E-state index contributed by atoms with van der Waals surface area (Å²) < 4.78 is 13.1. The van der Waals surface area contributed by atoms with Gasteiger partial charge in [0, 0.05) is 19.1 Å². The fourth-order valence-electron chi connectivity index (χ4n) is 3.63. The average Bonchev–Trinajstić information content (AvgIpc) is 3.08. The van der Waals surface area contributed by atoms with Crippen LogP contribution in [0.25, 0.3) is 11.1 Å². The molecule has 2 fully saturated rings. The lowest BCUT2D eigenvalue weighted by Gasteiger charge is -2.28. The van der Waals surface area contributed by atoms with E-state index < -0.39 is 0 Å². The Bertz CT molecular complexity index is 886. The molecule has 0 aromatic heterocycles. The highest BCUT2D eigenvalue weighted by molar-refractivity contribution is 5.83. The van der Waals surface area contributed by atoms with Crippen molar-refractivity contribution in [3.63, 3.8) is 0 Å². The molecule has 4 rings (SSSR count). The molecule has 2 aliphatic heterocycles. The largest absolute Gasteiger partial charge is 0.368 e. The van der Waals surface area contributed by atoms with Crippen LogP contribution in [-0.4, -0.2) is 37.6 Å². The number of nitrogens with zero attached hydrogens (tertiary/aromatic N) is 2. The van der Waals surface area contributed by atoms with Crippen molar-refractivity contribution < 1.29 is 9.18 Å². The van der Waals surface area contributed by atoms with Gasteiger partial charge in [0.2, 0.25) is 5.91 Å². The summed E-state index contributed by atoms with van der Waals surface area (Å²) in [4.78, 5) is 14.2. The molecule has 2 aromatic rings. The Hall–Kier alpha value is -2.91. The third-order valence-electron chi connectivity index (χ3n) is 5.31. The van der Waals surface area contributed by atoms with E-state index in [-0.39, 0.29) is 23.8 Å². The number of amides is 1. The third-order valence-corrected chi connectivity index (χ3v) is 5.31. The van der Waals surface area contributed by atoms with E-state index in [0.717, 1.165) is 42.7 Å². The van der Waals surface area contributed by atoms with E-state index in [2.05, 4.69) is 21.6 Å². The molecule has 2 aromatic carbocycles. The van der Waals surface area contributed by atoms with E-state index in [4.69, 9.17) is 0 Å². The molecular formula is C21H21FN4O. The molecule has 0 spiro atoms. The fraction of sp³-hybridized carbons (Fsp3) is 0.333. The van der Waals surface area contributed by atoms with Crippen LogP contribution in [0.1, 0.15) is 18.4 Å². The van der Waals surface area contributed by atoms with Crippen LogP contribution in [0.5, 0.6) is 0 Å². The Morgan fingerprint density at radius 3 is 2.59 bits per heavy atom. The average molecular weight is 364 g/mol. The highest BCUT2D eigenvalue weighted by atomic mass is 19.1. The Kier molecular flexibility index (Phi) is 4.78. The van der Waals surface area contributed by atoms with E-state index >= 15 is 0 Å². The van der Waals surface area contributed by atoms with Crippen LogP contribution in [0.15, 0.2) is 42.5 Å². The number of nitriles is 1. The van der Waals surface area contributed by atoms with E-state index in [9.17, 15) is 14.4 Å². The number of anilines is 1. The molecule has 2 aliphatic rings. The van der Waals surface area contributed by atoms with Crippen molar-refractivity contribution in [2.45, 2.75) is 24.9 Å². The first-order valence-corrected chi connectivity index (χ1v) is 9.23. The topological polar surface area (TPSA) is 68.2 Å². The predicted octanol–water partition coefficient (Wildman–Crippen LogP) is 2.42. The van der Waals surface area contributed by atoms with Crippen molar-refractivity contribution in [3.05, 3.63) is 53.8 Å². The van der Waals surface area contributed by atoms with Gasteiger partial charge >= 0.3 is 0 Å². The van der Waals surface area contributed by atoms with Gasteiger partial charge < -0.3 is 15.5 Å². The SMILES string of the molecule is N#Cc1cc(-c2ccc(F)cc2)ccc1N1CC[C@H](NC(=O)[C@@H]2CCN2)C1. The molecule has 2 saturated heterocycles. The molecule has 2 atom stereocenters. The molecule has 2 N–H and O–H groups in total. The van der Waals surface area contributed by atoms with Gasteiger partial charge in [-0.05, 0) is 54.8 Å². The molecule has 0 bridgehead atoms. The number of carbonyl (C=O) groups excluding carboxylic acids is 1. The van der Waals surface area contributed by atoms with Crippen LogP contribution in [0, 0.1) is 17.1 Å². The summed E-state index contributed by atoms with van der Waals surface area (Å²) in [7, 11) is 0. The van der Waals surface area contributed by atoms with Crippen molar-refractivity contribution >= 4 is 11.6 Å². The minimum absolute atomic E-state index is 0.0521.